The second kappa shape index (κ2) is 10.1. The zero-order valence-electron chi connectivity index (χ0n) is 21.6. The third kappa shape index (κ3) is 6.49. The van der Waals surface area contributed by atoms with Crippen molar-refractivity contribution in [1.82, 2.24) is 24.5 Å². The summed E-state index contributed by atoms with van der Waals surface area (Å²) in [7, 11) is -1.13. The maximum Gasteiger partial charge on any atom is 0.177 e. The molecule has 0 spiro atoms. The van der Waals surface area contributed by atoms with Gasteiger partial charge in [0, 0.05) is 39.1 Å². The SMILES string of the molecule is C[C@@H]1COCCN1c1cc(C#CC(C)(C)O)c2cnn(-c3ccn(COCC[Si](C)(C)C)n3)c2n1. The average molecular weight is 497 g/mol. The number of fused-ring (bicyclic) bond motifs is 1. The lowest BCUT2D eigenvalue weighted by molar-refractivity contribution is 0.0785. The van der Waals surface area contributed by atoms with Crippen molar-refractivity contribution >= 4 is 24.9 Å². The molecule has 1 N–H and O–H groups in total. The monoisotopic (exact) mass is 496 g/mol. The van der Waals surface area contributed by atoms with E-state index in [-0.39, 0.29) is 6.04 Å². The molecular weight excluding hydrogens is 460 g/mol. The molecule has 4 rings (SSSR count). The number of hydrogen-bond donors (Lipinski definition) is 1. The first-order chi connectivity index (χ1) is 16.5. The molecule has 3 aromatic heterocycles. The molecule has 0 radical (unpaired) electrons. The fraction of sp³-hybridized carbons (Fsp3) is 0.560. The van der Waals surface area contributed by atoms with Crippen LogP contribution in [0.3, 0.4) is 0 Å². The lowest BCUT2D eigenvalue weighted by Crippen LogP contribution is -2.44. The van der Waals surface area contributed by atoms with E-state index < -0.39 is 13.7 Å². The van der Waals surface area contributed by atoms with Gasteiger partial charge in [-0.2, -0.15) is 14.9 Å². The highest BCUT2D eigenvalue weighted by molar-refractivity contribution is 6.76. The molecule has 3 aromatic rings. The summed E-state index contributed by atoms with van der Waals surface area (Å²) >= 11 is 0. The van der Waals surface area contributed by atoms with Crippen LogP contribution in [0.25, 0.3) is 16.9 Å². The molecule has 35 heavy (non-hydrogen) atoms. The first-order valence-electron chi connectivity index (χ1n) is 12.1. The number of morpholine rings is 1. The second-order valence-electron chi connectivity index (χ2n) is 10.8. The minimum Gasteiger partial charge on any atom is -0.378 e. The summed E-state index contributed by atoms with van der Waals surface area (Å²) in [6.07, 6.45) is 3.65. The Balaban J connectivity index is 1.67. The molecule has 1 saturated heterocycles. The topological polar surface area (TPSA) is 90.5 Å². The van der Waals surface area contributed by atoms with Gasteiger partial charge in [-0.15, -0.1) is 0 Å². The van der Waals surface area contributed by atoms with Crippen molar-refractivity contribution in [3.05, 3.63) is 30.1 Å². The molecule has 9 nitrogen and oxygen atoms in total. The van der Waals surface area contributed by atoms with Crippen molar-refractivity contribution in [1.29, 1.82) is 0 Å². The number of pyridine rings is 1. The molecule has 0 unspecified atom stereocenters. The molecule has 4 heterocycles. The van der Waals surface area contributed by atoms with Crippen LogP contribution >= 0.6 is 0 Å². The molecule has 0 aliphatic carbocycles. The van der Waals surface area contributed by atoms with Crippen LogP contribution in [0, 0.1) is 11.8 Å². The van der Waals surface area contributed by atoms with Gasteiger partial charge in [0.2, 0.25) is 0 Å². The highest BCUT2D eigenvalue weighted by atomic mass is 28.3. The number of rotatable bonds is 7. The van der Waals surface area contributed by atoms with E-state index in [1.807, 2.05) is 18.3 Å². The minimum absolute atomic E-state index is 0.188. The summed E-state index contributed by atoms with van der Waals surface area (Å²) in [5.74, 6) is 7.54. The Morgan fingerprint density at radius 2 is 2.09 bits per heavy atom. The highest BCUT2D eigenvalue weighted by Crippen LogP contribution is 2.26. The molecule has 0 amide bonds. The zero-order chi connectivity index (χ0) is 25.2. The van der Waals surface area contributed by atoms with Gasteiger partial charge in [0.1, 0.15) is 18.1 Å². The maximum absolute atomic E-state index is 10.2. The summed E-state index contributed by atoms with van der Waals surface area (Å²) in [6.45, 7) is 15.7. The van der Waals surface area contributed by atoms with Gasteiger partial charge in [0.05, 0.1) is 30.8 Å². The van der Waals surface area contributed by atoms with E-state index in [9.17, 15) is 5.11 Å². The zero-order valence-corrected chi connectivity index (χ0v) is 22.6. The van der Waals surface area contributed by atoms with Crippen LogP contribution in [0.1, 0.15) is 26.3 Å². The highest BCUT2D eigenvalue weighted by Gasteiger charge is 2.23. The fourth-order valence-corrected chi connectivity index (χ4v) is 4.52. The summed E-state index contributed by atoms with van der Waals surface area (Å²) in [5.41, 5.74) is 0.337. The number of ether oxygens (including phenoxy) is 2. The summed E-state index contributed by atoms with van der Waals surface area (Å²) in [6, 6.07) is 5.18. The van der Waals surface area contributed by atoms with Gasteiger partial charge < -0.3 is 19.5 Å². The summed E-state index contributed by atoms with van der Waals surface area (Å²) in [5, 5.41) is 20.2. The Hall–Kier alpha value is -2.71. The van der Waals surface area contributed by atoms with Crippen LogP contribution in [0.2, 0.25) is 25.7 Å². The van der Waals surface area contributed by atoms with Gasteiger partial charge in [-0.05, 0) is 32.9 Å². The maximum atomic E-state index is 10.2. The van der Waals surface area contributed by atoms with Gasteiger partial charge in [-0.25, -0.2) is 9.67 Å². The molecule has 1 aliphatic rings. The third-order valence-electron chi connectivity index (χ3n) is 5.76. The normalized spacial score (nSPS) is 17.0. The minimum atomic E-state index is -1.13. The average Bonchev–Trinajstić information content (AvgIpc) is 3.41. The van der Waals surface area contributed by atoms with Crippen molar-refractivity contribution in [2.24, 2.45) is 0 Å². The van der Waals surface area contributed by atoms with Crippen molar-refractivity contribution in [2.75, 3.05) is 31.3 Å². The molecule has 10 heteroatoms. The number of nitrogens with zero attached hydrogens (tertiary/aromatic N) is 6. The predicted octanol–water partition coefficient (Wildman–Crippen LogP) is 3.28. The second-order valence-corrected chi connectivity index (χ2v) is 16.4. The number of aliphatic hydroxyl groups is 1. The molecule has 0 aromatic carbocycles. The molecule has 1 fully saturated rings. The number of aromatic nitrogens is 5. The van der Waals surface area contributed by atoms with Crippen LogP contribution in [0.5, 0.6) is 0 Å². The smallest absolute Gasteiger partial charge is 0.177 e. The van der Waals surface area contributed by atoms with Crippen molar-refractivity contribution < 1.29 is 14.6 Å². The third-order valence-corrected chi connectivity index (χ3v) is 7.46. The quantitative estimate of drug-likeness (QED) is 0.305. The first kappa shape index (κ1) is 25.4. The Morgan fingerprint density at radius 3 is 2.80 bits per heavy atom. The number of hydrogen-bond acceptors (Lipinski definition) is 7. The van der Waals surface area contributed by atoms with Crippen LogP contribution in [0.15, 0.2) is 24.5 Å². The molecule has 188 valence electrons. The fourth-order valence-electron chi connectivity index (χ4n) is 3.77. The summed E-state index contributed by atoms with van der Waals surface area (Å²) in [4.78, 5) is 7.19. The van der Waals surface area contributed by atoms with E-state index >= 15 is 0 Å². The first-order valence-corrected chi connectivity index (χ1v) is 15.8. The van der Waals surface area contributed by atoms with Crippen molar-refractivity contribution in [3.8, 4) is 17.7 Å². The van der Waals surface area contributed by atoms with Gasteiger partial charge in [0.15, 0.2) is 11.5 Å². The predicted molar refractivity (Wildman–Crippen MR) is 140 cm³/mol. The Labute approximate surface area is 208 Å². The van der Waals surface area contributed by atoms with Gasteiger partial charge in [-0.1, -0.05) is 31.5 Å². The lowest BCUT2D eigenvalue weighted by Gasteiger charge is -2.34. The van der Waals surface area contributed by atoms with E-state index in [4.69, 9.17) is 14.5 Å². The Bertz CT molecular complexity index is 1230. The van der Waals surface area contributed by atoms with Crippen LogP contribution < -0.4 is 4.90 Å². The van der Waals surface area contributed by atoms with Gasteiger partial charge >= 0.3 is 0 Å². The number of anilines is 1. The standard InChI is InChI=1S/C25H36N6O3Si/c1-19-17-33-12-11-30(19)23-15-20(7-9-25(2,3)32)21-16-26-31(24(21)27-23)22-8-10-29(28-22)18-34-13-14-35(4,5)6/h8,10,15-16,19,32H,11-14,17-18H2,1-6H3/t19-/m1/s1. The van der Waals surface area contributed by atoms with Crippen LogP contribution in [0.4, 0.5) is 5.82 Å². The largest absolute Gasteiger partial charge is 0.378 e. The summed E-state index contributed by atoms with van der Waals surface area (Å²) < 4.78 is 15.0. The van der Waals surface area contributed by atoms with E-state index in [1.165, 1.54) is 0 Å². The van der Waals surface area contributed by atoms with E-state index in [0.717, 1.165) is 36.0 Å². The van der Waals surface area contributed by atoms with Crippen LogP contribution in [-0.4, -0.2) is 75.7 Å². The molecule has 0 bridgehead atoms. The Morgan fingerprint density at radius 1 is 1.29 bits per heavy atom. The van der Waals surface area contributed by atoms with E-state index in [0.29, 0.717) is 31.4 Å². The molecule has 0 saturated carbocycles. The van der Waals surface area contributed by atoms with Gasteiger partial charge in [0.25, 0.3) is 0 Å². The molecule has 1 atom stereocenters. The van der Waals surface area contributed by atoms with E-state index in [1.54, 1.807) is 29.4 Å². The molecular formula is C25H36N6O3Si. The van der Waals surface area contributed by atoms with Crippen molar-refractivity contribution in [3.63, 3.8) is 0 Å². The Kier molecular flexibility index (Phi) is 7.33. The van der Waals surface area contributed by atoms with Crippen LogP contribution in [-0.2, 0) is 16.2 Å². The molecule has 1 aliphatic heterocycles. The van der Waals surface area contributed by atoms with Crippen molar-refractivity contribution in [2.45, 2.75) is 64.8 Å². The van der Waals surface area contributed by atoms with E-state index in [2.05, 4.69) is 53.5 Å². The lowest BCUT2D eigenvalue weighted by atomic mass is 10.1. The van der Waals surface area contributed by atoms with Gasteiger partial charge in [-0.3, -0.25) is 0 Å².